The van der Waals surface area contributed by atoms with Gasteiger partial charge in [0.05, 0.1) is 24.6 Å². The minimum absolute atomic E-state index is 0.0466. The van der Waals surface area contributed by atoms with E-state index in [-0.39, 0.29) is 24.6 Å². The number of nitrogens with one attached hydrogen (secondary N) is 3. The fourth-order valence-corrected chi connectivity index (χ4v) is 2.76. The Labute approximate surface area is 162 Å². The van der Waals surface area contributed by atoms with Crippen molar-refractivity contribution in [1.29, 1.82) is 0 Å². The average Bonchev–Trinajstić information content (AvgIpc) is 3.08. The van der Waals surface area contributed by atoms with Crippen LogP contribution in [0.1, 0.15) is 20.3 Å². The van der Waals surface area contributed by atoms with Gasteiger partial charge in [-0.25, -0.2) is 4.99 Å². The van der Waals surface area contributed by atoms with Crippen molar-refractivity contribution >= 4 is 34.8 Å². The lowest BCUT2D eigenvalue weighted by molar-refractivity contribution is -0.144. The monoisotopic (exact) mass is 384 g/mol. The molecule has 1 unspecified atom stereocenters. The SMILES string of the molecule is CCCNC1C=C(C(=O)Nc2ccc3nn(CC(=O)OCC)cc3c2)N=CN1. The van der Waals surface area contributed by atoms with Crippen LogP contribution in [0.2, 0.25) is 0 Å². The summed E-state index contributed by atoms with van der Waals surface area (Å²) in [6, 6.07) is 5.36. The number of aliphatic imine (C=N–C) groups is 1. The normalized spacial score (nSPS) is 15.8. The molecular formula is C19H24N6O3. The first kappa shape index (κ1) is 19.6. The van der Waals surface area contributed by atoms with E-state index in [0.29, 0.717) is 18.0 Å². The summed E-state index contributed by atoms with van der Waals surface area (Å²) < 4.78 is 6.46. The molecule has 9 nitrogen and oxygen atoms in total. The highest BCUT2D eigenvalue weighted by molar-refractivity contribution is 6.05. The summed E-state index contributed by atoms with van der Waals surface area (Å²) in [4.78, 5) is 28.2. The molecule has 28 heavy (non-hydrogen) atoms. The van der Waals surface area contributed by atoms with Crippen LogP contribution in [0.4, 0.5) is 5.69 Å². The summed E-state index contributed by atoms with van der Waals surface area (Å²) in [5.74, 6) is -0.634. The van der Waals surface area contributed by atoms with Gasteiger partial charge in [-0.15, -0.1) is 0 Å². The Kier molecular flexibility index (Phi) is 6.38. The van der Waals surface area contributed by atoms with E-state index < -0.39 is 0 Å². The molecule has 3 N–H and O–H groups in total. The van der Waals surface area contributed by atoms with E-state index >= 15 is 0 Å². The van der Waals surface area contributed by atoms with Gasteiger partial charge in [-0.2, -0.15) is 5.10 Å². The number of ether oxygens (including phenoxy) is 1. The minimum atomic E-state index is -0.342. The van der Waals surface area contributed by atoms with E-state index in [0.717, 1.165) is 23.9 Å². The van der Waals surface area contributed by atoms with Crippen LogP contribution < -0.4 is 16.0 Å². The molecule has 1 atom stereocenters. The second-order valence-electron chi connectivity index (χ2n) is 6.27. The fourth-order valence-electron chi connectivity index (χ4n) is 2.76. The highest BCUT2D eigenvalue weighted by atomic mass is 16.5. The molecule has 0 radical (unpaired) electrons. The Morgan fingerprint density at radius 1 is 1.32 bits per heavy atom. The number of carbonyl (C=O) groups is 2. The molecular weight excluding hydrogens is 360 g/mol. The van der Waals surface area contributed by atoms with Crippen molar-refractivity contribution in [3.05, 3.63) is 36.2 Å². The maximum Gasteiger partial charge on any atom is 0.327 e. The van der Waals surface area contributed by atoms with Gasteiger partial charge < -0.3 is 15.4 Å². The minimum Gasteiger partial charge on any atom is -0.465 e. The summed E-state index contributed by atoms with van der Waals surface area (Å²) >= 11 is 0. The summed E-state index contributed by atoms with van der Waals surface area (Å²) in [5.41, 5.74) is 1.69. The maximum atomic E-state index is 12.5. The molecule has 9 heteroatoms. The number of carbonyl (C=O) groups excluding carboxylic acids is 2. The van der Waals surface area contributed by atoms with Crippen LogP contribution in [0.5, 0.6) is 0 Å². The third-order valence-corrected chi connectivity index (χ3v) is 4.04. The summed E-state index contributed by atoms with van der Waals surface area (Å²) in [7, 11) is 0. The first-order chi connectivity index (χ1) is 13.6. The van der Waals surface area contributed by atoms with Crippen LogP contribution in [0.3, 0.4) is 0 Å². The molecule has 2 aromatic rings. The predicted molar refractivity (Wildman–Crippen MR) is 107 cm³/mol. The van der Waals surface area contributed by atoms with E-state index in [1.165, 1.54) is 11.0 Å². The molecule has 0 aliphatic carbocycles. The molecule has 0 saturated heterocycles. The second-order valence-corrected chi connectivity index (χ2v) is 6.27. The van der Waals surface area contributed by atoms with Gasteiger partial charge in [-0.05, 0) is 44.2 Å². The molecule has 1 aromatic heterocycles. The number of hydrogen-bond donors (Lipinski definition) is 3. The number of amides is 1. The van der Waals surface area contributed by atoms with E-state index in [1.807, 2.05) is 0 Å². The molecule has 1 amide bonds. The van der Waals surface area contributed by atoms with Crippen LogP contribution in [0, 0.1) is 0 Å². The van der Waals surface area contributed by atoms with Crippen LogP contribution in [-0.4, -0.2) is 47.3 Å². The quantitative estimate of drug-likeness (QED) is 0.593. The van der Waals surface area contributed by atoms with Gasteiger partial charge in [0.2, 0.25) is 0 Å². The van der Waals surface area contributed by atoms with E-state index in [9.17, 15) is 9.59 Å². The number of nitrogens with zero attached hydrogens (tertiary/aromatic N) is 3. The van der Waals surface area contributed by atoms with E-state index in [2.05, 4.69) is 33.0 Å². The van der Waals surface area contributed by atoms with Gasteiger partial charge in [0, 0.05) is 17.3 Å². The van der Waals surface area contributed by atoms with Gasteiger partial charge in [0.1, 0.15) is 12.2 Å². The highest BCUT2D eigenvalue weighted by Crippen LogP contribution is 2.19. The molecule has 1 aromatic carbocycles. The lowest BCUT2D eigenvalue weighted by Crippen LogP contribution is -2.42. The number of esters is 1. The Hall–Kier alpha value is -3.20. The number of rotatable bonds is 8. The zero-order valence-electron chi connectivity index (χ0n) is 15.9. The maximum absolute atomic E-state index is 12.5. The zero-order valence-corrected chi connectivity index (χ0v) is 15.9. The van der Waals surface area contributed by atoms with Crippen molar-refractivity contribution in [3.8, 4) is 0 Å². The molecule has 1 aliphatic rings. The molecule has 0 saturated carbocycles. The van der Waals surface area contributed by atoms with Crippen LogP contribution >= 0.6 is 0 Å². The van der Waals surface area contributed by atoms with Gasteiger partial charge in [-0.3, -0.25) is 19.6 Å². The molecule has 0 spiro atoms. The third kappa shape index (κ3) is 4.95. The van der Waals surface area contributed by atoms with Crippen molar-refractivity contribution in [2.45, 2.75) is 33.0 Å². The standard InChI is InChI=1S/C19H24N6O3/c1-3-7-20-17-9-16(21-12-22-17)19(27)23-14-5-6-15-13(8-14)10-25(24-15)11-18(26)28-4-2/h5-6,8-10,12,17,20H,3-4,7,11H2,1-2H3,(H,21,22)(H,23,27). The number of fused-ring (bicyclic) bond motifs is 1. The smallest absolute Gasteiger partial charge is 0.327 e. The summed E-state index contributed by atoms with van der Waals surface area (Å²) in [6.07, 6.45) is 5.89. The Bertz CT molecular complexity index is 918. The number of aromatic nitrogens is 2. The Balaban J connectivity index is 1.68. The molecule has 3 rings (SSSR count). The predicted octanol–water partition coefficient (Wildman–Crippen LogP) is 1.38. The number of benzene rings is 1. The Morgan fingerprint density at radius 3 is 2.96 bits per heavy atom. The largest absolute Gasteiger partial charge is 0.465 e. The first-order valence-corrected chi connectivity index (χ1v) is 9.27. The topological polar surface area (TPSA) is 110 Å². The lowest BCUT2D eigenvalue weighted by Gasteiger charge is -2.19. The average molecular weight is 384 g/mol. The van der Waals surface area contributed by atoms with E-state index in [4.69, 9.17) is 4.74 Å². The van der Waals surface area contributed by atoms with Crippen molar-refractivity contribution in [2.24, 2.45) is 4.99 Å². The van der Waals surface area contributed by atoms with Crippen LogP contribution in [-0.2, 0) is 20.9 Å². The molecule has 0 fully saturated rings. The van der Waals surface area contributed by atoms with Crippen molar-refractivity contribution in [3.63, 3.8) is 0 Å². The number of anilines is 1. The fraction of sp³-hybridized carbons (Fsp3) is 0.368. The Morgan fingerprint density at radius 2 is 2.18 bits per heavy atom. The van der Waals surface area contributed by atoms with Gasteiger partial charge in [-0.1, -0.05) is 6.92 Å². The van der Waals surface area contributed by atoms with Crippen LogP contribution in [0.15, 0.2) is 41.2 Å². The third-order valence-electron chi connectivity index (χ3n) is 4.04. The molecule has 1 aliphatic heterocycles. The second kappa shape index (κ2) is 9.14. The van der Waals surface area contributed by atoms with Crippen molar-refractivity contribution < 1.29 is 14.3 Å². The van der Waals surface area contributed by atoms with Gasteiger partial charge in [0.25, 0.3) is 5.91 Å². The van der Waals surface area contributed by atoms with Gasteiger partial charge in [0.15, 0.2) is 0 Å². The van der Waals surface area contributed by atoms with Crippen molar-refractivity contribution in [2.75, 3.05) is 18.5 Å². The highest BCUT2D eigenvalue weighted by Gasteiger charge is 2.15. The van der Waals surface area contributed by atoms with Crippen molar-refractivity contribution in [1.82, 2.24) is 20.4 Å². The summed E-state index contributed by atoms with van der Waals surface area (Å²) in [6.45, 7) is 5.05. The van der Waals surface area contributed by atoms with E-state index in [1.54, 1.807) is 37.4 Å². The molecule has 148 valence electrons. The zero-order chi connectivity index (χ0) is 19.9. The first-order valence-electron chi connectivity index (χ1n) is 9.27. The molecule has 2 heterocycles. The summed E-state index contributed by atoms with van der Waals surface area (Å²) in [5, 5.41) is 14.3. The molecule has 0 bridgehead atoms. The van der Waals surface area contributed by atoms with Crippen LogP contribution in [0.25, 0.3) is 10.9 Å². The van der Waals surface area contributed by atoms with Gasteiger partial charge >= 0.3 is 5.97 Å². The number of hydrogen-bond acceptors (Lipinski definition) is 7. The lowest BCUT2D eigenvalue weighted by atomic mass is 10.2.